The second-order valence-electron chi connectivity index (χ2n) is 7.77. The summed E-state index contributed by atoms with van der Waals surface area (Å²) < 4.78 is 7.39. The molecule has 0 bridgehead atoms. The fourth-order valence-corrected chi connectivity index (χ4v) is 5.29. The quantitative estimate of drug-likeness (QED) is 0.201. The number of aromatic nitrogens is 1. The van der Waals surface area contributed by atoms with E-state index in [1.54, 1.807) is 24.3 Å². The van der Waals surface area contributed by atoms with E-state index in [0.29, 0.717) is 20.5 Å². The number of anilines is 1. The molecule has 7 heteroatoms. The van der Waals surface area contributed by atoms with Crippen LogP contribution in [0.1, 0.15) is 21.5 Å². The lowest BCUT2D eigenvalue weighted by molar-refractivity contribution is -0.113. The van der Waals surface area contributed by atoms with Gasteiger partial charge in [0.2, 0.25) is 0 Å². The summed E-state index contributed by atoms with van der Waals surface area (Å²) in [7, 11) is 1.33. The van der Waals surface area contributed by atoms with Crippen LogP contribution in [0.25, 0.3) is 17.0 Å². The molecule has 168 valence electrons. The molecule has 0 spiro atoms. The van der Waals surface area contributed by atoms with Crippen LogP contribution in [0, 0.1) is 0 Å². The highest BCUT2D eigenvalue weighted by atomic mass is 32.2. The van der Waals surface area contributed by atoms with Crippen LogP contribution in [0.15, 0.2) is 90.0 Å². The van der Waals surface area contributed by atoms with Crippen LogP contribution in [-0.2, 0) is 16.1 Å². The number of thioether (sulfide) groups is 1. The highest BCUT2D eigenvalue weighted by Crippen LogP contribution is 2.37. The molecule has 0 atom stereocenters. The van der Waals surface area contributed by atoms with E-state index in [1.165, 1.54) is 29.3 Å². The summed E-state index contributed by atoms with van der Waals surface area (Å²) in [6, 6.07) is 25.1. The number of hydrogen-bond acceptors (Lipinski definition) is 5. The second kappa shape index (κ2) is 9.29. The van der Waals surface area contributed by atoms with Crippen molar-refractivity contribution in [3.05, 3.63) is 107 Å². The van der Waals surface area contributed by atoms with Gasteiger partial charge >= 0.3 is 5.97 Å². The molecule has 34 heavy (non-hydrogen) atoms. The van der Waals surface area contributed by atoms with E-state index in [9.17, 15) is 9.59 Å². The number of thiocarbonyl (C=S) groups is 1. The second-order valence-corrected chi connectivity index (χ2v) is 9.45. The first-order chi connectivity index (χ1) is 16.5. The molecule has 0 radical (unpaired) electrons. The number of carbonyl (C=O) groups is 2. The van der Waals surface area contributed by atoms with E-state index in [-0.39, 0.29) is 5.91 Å². The Morgan fingerprint density at radius 3 is 2.44 bits per heavy atom. The van der Waals surface area contributed by atoms with E-state index in [4.69, 9.17) is 17.0 Å². The summed E-state index contributed by atoms with van der Waals surface area (Å²) in [6.45, 7) is 0.739. The fourth-order valence-electron chi connectivity index (χ4n) is 4.00. The highest BCUT2D eigenvalue weighted by molar-refractivity contribution is 8.27. The van der Waals surface area contributed by atoms with Gasteiger partial charge in [0.15, 0.2) is 4.32 Å². The van der Waals surface area contributed by atoms with Crippen LogP contribution in [0.5, 0.6) is 0 Å². The van der Waals surface area contributed by atoms with Crippen LogP contribution in [0.2, 0.25) is 0 Å². The number of amides is 1. The third kappa shape index (κ3) is 4.16. The SMILES string of the molecule is COC(=O)c1ccc(N2C(=O)/C(=C/c3cn(Cc4ccccc4)c4ccccc34)SC2=S)cc1. The summed E-state index contributed by atoms with van der Waals surface area (Å²) in [4.78, 5) is 27.0. The van der Waals surface area contributed by atoms with Gasteiger partial charge in [-0.05, 0) is 42.0 Å². The Morgan fingerprint density at radius 2 is 1.71 bits per heavy atom. The average Bonchev–Trinajstić information content (AvgIpc) is 3.35. The van der Waals surface area contributed by atoms with Crippen molar-refractivity contribution in [2.45, 2.75) is 6.54 Å². The number of fused-ring (bicyclic) bond motifs is 1. The number of para-hydroxylation sites is 1. The number of hydrogen-bond donors (Lipinski definition) is 0. The molecule has 5 rings (SSSR count). The van der Waals surface area contributed by atoms with Crippen LogP contribution >= 0.6 is 24.0 Å². The third-order valence-corrected chi connectivity index (χ3v) is 6.94. The highest BCUT2D eigenvalue weighted by Gasteiger charge is 2.33. The Morgan fingerprint density at radius 1 is 1.00 bits per heavy atom. The number of benzene rings is 3. The van der Waals surface area contributed by atoms with Gasteiger partial charge in [-0.25, -0.2) is 4.79 Å². The maximum absolute atomic E-state index is 13.3. The molecule has 0 N–H and O–H groups in total. The zero-order valence-corrected chi connectivity index (χ0v) is 19.9. The smallest absolute Gasteiger partial charge is 0.337 e. The number of esters is 1. The number of methoxy groups -OCH3 is 1. The first-order valence-electron chi connectivity index (χ1n) is 10.6. The lowest BCUT2D eigenvalue weighted by Crippen LogP contribution is -2.27. The van der Waals surface area contributed by atoms with Crippen LogP contribution < -0.4 is 4.90 Å². The topological polar surface area (TPSA) is 51.5 Å². The Labute approximate surface area is 206 Å². The van der Waals surface area contributed by atoms with Crippen molar-refractivity contribution in [2.75, 3.05) is 12.0 Å². The van der Waals surface area contributed by atoms with Gasteiger partial charge in [0.1, 0.15) is 0 Å². The predicted octanol–water partition coefficient (Wildman–Crippen LogP) is 5.88. The van der Waals surface area contributed by atoms with Gasteiger partial charge in [-0.15, -0.1) is 0 Å². The number of ether oxygens (including phenoxy) is 1. The van der Waals surface area contributed by atoms with Crippen molar-refractivity contribution in [2.24, 2.45) is 0 Å². The Balaban J connectivity index is 1.47. The largest absolute Gasteiger partial charge is 0.465 e. The molecule has 4 aromatic rings. The maximum atomic E-state index is 13.3. The Kier molecular flexibility index (Phi) is 6.04. The molecule has 0 aliphatic carbocycles. The summed E-state index contributed by atoms with van der Waals surface area (Å²) in [5.41, 5.74) is 4.31. The van der Waals surface area contributed by atoms with Crippen LogP contribution in [0.4, 0.5) is 5.69 Å². The number of carbonyl (C=O) groups excluding carboxylic acids is 2. The van der Waals surface area contributed by atoms with Crippen LogP contribution in [-0.4, -0.2) is 27.9 Å². The number of rotatable bonds is 5. The monoisotopic (exact) mass is 484 g/mol. The summed E-state index contributed by atoms with van der Waals surface area (Å²) >= 11 is 6.79. The molecule has 1 aliphatic heterocycles. The van der Waals surface area contributed by atoms with Crippen molar-refractivity contribution < 1.29 is 14.3 Å². The molecule has 3 aromatic carbocycles. The molecule has 5 nitrogen and oxygen atoms in total. The van der Waals surface area contributed by atoms with Crippen LogP contribution in [0.3, 0.4) is 0 Å². The predicted molar refractivity (Wildman–Crippen MR) is 141 cm³/mol. The molecule has 1 amide bonds. The van der Waals surface area contributed by atoms with E-state index < -0.39 is 5.97 Å². The Bertz CT molecular complexity index is 1440. The lowest BCUT2D eigenvalue weighted by Gasteiger charge is -2.14. The standard InChI is InChI=1S/C27H20N2O3S2/c1-32-26(31)19-11-13-21(14-12-19)29-25(30)24(34-27(29)33)15-20-17-28(16-18-7-3-2-4-8-18)23-10-6-5-9-22(20)23/h2-15,17H,16H2,1H3/b24-15-. The minimum atomic E-state index is -0.427. The van der Waals surface area contributed by atoms with Crippen molar-refractivity contribution in [3.8, 4) is 0 Å². The van der Waals surface area contributed by atoms with Gasteiger partial charge in [-0.3, -0.25) is 9.69 Å². The van der Waals surface area contributed by atoms with Crippen molar-refractivity contribution in [3.63, 3.8) is 0 Å². The van der Waals surface area contributed by atoms with Gasteiger partial charge in [0.25, 0.3) is 5.91 Å². The van der Waals surface area contributed by atoms with Gasteiger partial charge < -0.3 is 9.30 Å². The maximum Gasteiger partial charge on any atom is 0.337 e. The molecule has 1 fully saturated rings. The summed E-state index contributed by atoms with van der Waals surface area (Å²) in [6.07, 6.45) is 3.99. The van der Waals surface area contributed by atoms with Gasteiger partial charge in [-0.1, -0.05) is 72.5 Å². The summed E-state index contributed by atoms with van der Waals surface area (Å²) in [5, 5.41) is 1.08. The minimum Gasteiger partial charge on any atom is -0.465 e. The molecule has 2 heterocycles. The average molecular weight is 485 g/mol. The van der Waals surface area contributed by atoms with E-state index >= 15 is 0 Å². The molecule has 1 aromatic heterocycles. The van der Waals surface area contributed by atoms with Crippen molar-refractivity contribution in [1.29, 1.82) is 0 Å². The lowest BCUT2D eigenvalue weighted by atomic mass is 10.1. The first kappa shape index (κ1) is 22.1. The molecular weight excluding hydrogens is 464 g/mol. The molecule has 1 aliphatic rings. The first-order valence-corrected chi connectivity index (χ1v) is 11.9. The van der Waals surface area contributed by atoms with Crippen molar-refractivity contribution in [1.82, 2.24) is 4.57 Å². The minimum absolute atomic E-state index is 0.180. The van der Waals surface area contributed by atoms with Gasteiger partial charge in [0, 0.05) is 29.2 Å². The van der Waals surface area contributed by atoms with E-state index in [0.717, 1.165) is 23.0 Å². The van der Waals surface area contributed by atoms with E-state index in [2.05, 4.69) is 35.0 Å². The molecule has 1 saturated heterocycles. The normalized spacial score (nSPS) is 14.9. The summed E-state index contributed by atoms with van der Waals surface area (Å²) in [5.74, 6) is -0.607. The molecule has 0 unspecified atom stereocenters. The van der Waals surface area contributed by atoms with Gasteiger partial charge in [-0.2, -0.15) is 0 Å². The molecule has 0 saturated carbocycles. The zero-order valence-electron chi connectivity index (χ0n) is 18.3. The van der Waals surface area contributed by atoms with Gasteiger partial charge in [0.05, 0.1) is 23.3 Å². The third-order valence-electron chi connectivity index (χ3n) is 5.64. The van der Waals surface area contributed by atoms with E-state index in [1.807, 2.05) is 36.4 Å². The number of nitrogens with zero attached hydrogens (tertiary/aromatic N) is 2. The Hall–Kier alpha value is -3.68. The fraction of sp³-hybridized carbons (Fsp3) is 0.0741. The van der Waals surface area contributed by atoms with Crippen molar-refractivity contribution >= 4 is 62.8 Å². The zero-order chi connectivity index (χ0) is 23.7. The molecular formula is C27H20N2O3S2.